The van der Waals surface area contributed by atoms with Gasteiger partial charge in [0.2, 0.25) is 0 Å². The molecule has 2 N–H and O–H groups in total. The molecule has 0 aliphatic heterocycles. The lowest BCUT2D eigenvalue weighted by atomic mass is 10.1. The molecule has 0 fully saturated rings. The molecule has 0 saturated carbocycles. The predicted molar refractivity (Wildman–Crippen MR) is 123 cm³/mol. The molecule has 0 unspecified atom stereocenters. The molecule has 7 nitrogen and oxygen atoms in total. The van der Waals surface area contributed by atoms with Crippen LogP contribution in [0.15, 0.2) is 60.8 Å². The number of hydrogen-bond donors (Lipinski definition) is 2. The van der Waals surface area contributed by atoms with E-state index in [-0.39, 0.29) is 11.7 Å². The van der Waals surface area contributed by atoms with Crippen LogP contribution in [-0.4, -0.2) is 31.9 Å². The van der Waals surface area contributed by atoms with Gasteiger partial charge in [0.1, 0.15) is 11.8 Å². The van der Waals surface area contributed by atoms with Crippen LogP contribution in [0.5, 0.6) is 0 Å². The monoisotopic (exact) mass is 498 g/mol. The standard InChI is InChI=1S/C24H18ClF3N6O/c1-14(13-34-9-8-20(33-34)16-2-3-17(12-29)19(25)10-16)30-23(35)22-11-21(31-32-22)15-4-6-18(7-5-15)24(26,27)28/h2-11,14H,13H2,1H3,(H,30,35)(H,31,32)/t14-/m0/s1. The quantitative estimate of drug-likeness (QED) is 0.376. The SMILES string of the molecule is C[C@@H](Cn1ccc(-c2ccc(C#N)c(Cl)c2)n1)NC(=O)c1cc(-c2ccc(C(F)(F)F)cc2)n[nH]1. The molecule has 1 atom stereocenters. The highest BCUT2D eigenvalue weighted by molar-refractivity contribution is 6.32. The fraction of sp³-hybridized carbons (Fsp3) is 0.167. The van der Waals surface area contributed by atoms with E-state index in [1.807, 2.05) is 13.0 Å². The highest BCUT2D eigenvalue weighted by Gasteiger charge is 2.30. The molecule has 1 amide bonds. The zero-order valence-corrected chi connectivity index (χ0v) is 19.0. The Morgan fingerprint density at radius 2 is 1.86 bits per heavy atom. The number of carbonyl (C=O) groups excluding carboxylic acids is 1. The van der Waals surface area contributed by atoms with E-state index in [0.29, 0.717) is 34.1 Å². The van der Waals surface area contributed by atoms with Gasteiger partial charge >= 0.3 is 6.18 Å². The first kappa shape index (κ1) is 24.0. The van der Waals surface area contributed by atoms with Crippen LogP contribution in [0.2, 0.25) is 5.02 Å². The van der Waals surface area contributed by atoms with E-state index in [2.05, 4.69) is 20.6 Å². The average Bonchev–Trinajstić information content (AvgIpc) is 3.49. The minimum absolute atomic E-state index is 0.181. The molecule has 2 aromatic heterocycles. The molecule has 0 saturated heterocycles. The number of nitriles is 1. The molecule has 0 aliphatic carbocycles. The van der Waals surface area contributed by atoms with E-state index in [9.17, 15) is 18.0 Å². The third-order valence-corrected chi connectivity index (χ3v) is 5.51. The molecule has 2 aromatic carbocycles. The number of rotatable bonds is 6. The number of aromatic nitrogens is 4. The van der Waals surface area contributed by atoms with Gasteiger partial charge < -0.3 is 5.32 Å². The first-order valence-electron chi connectivity index (χ1n) is 10.4. The molecule has 0 radical (unpaired) electrons. The lowest BCUT2D eigenvalue weighted by Crippen LogP contribution is -2.36. The van der Waals surface area contributed by atoms with Crippen LogP contribution in [0.4, 0.5) is 13.2 Å². The predicted octanol–water partition coefficient (Wildman–Crippen LogP) is 5.30. The normalized spacial score (nSPS) is 12.2. The van der Waals surface area contributed by atoms with Crippen molar-refractivity contribution in [2.45, 2.75) is 25.7 Å². The Morgan fingerprint density at radius 1 is 1.14 bits per heavy atom. The lowest BCUT2D eigenvalue weighted by molar-refractivity contribution is -0.137. The van der Waals surface area contributed by atoms with Gasteiger partial charge in [-0.1, -0.05) is 29.8 Å². The van der Waals surface area contributed by atoms with Crippen molar-refractivity contribution in [1.82, 2.24) is 25.3 Å². The summed E-state index contributed by atoms with van der Waals surface area (Å²) in [5, 5.41) is 23.3. The molecule has 11 heteroatoms. The van der Waals surface area contributed by atoms with Crippen LogP contribution < -0.4 is 5.32 Å². The van der Waals surface area contributed by atoms with E-state index in [1.165, 1.54) is 18.2 Å². The summed E-state index contributed by atoms with van der Waals surface area (Å²) >= 11 is 6.09. The topological polar surface area (TPSA) is 99.4 Å². The second-order valence-electron chi connectivity index (χ2n) is 7.85. The number of H-pyrrole nitrogens is 1. The summed E-state index contributed by atoms with van der Waals surface area (Å²) < 4.78 is 39.9. The number of alkyl halides is 3. The van der Waals surface area contributed by atoms with Crippen LogP contribution in [0.3, 0.4) is 0 Å². The number of aromatic amines is 1. The molecular weight excluding hydrogens is 481 g/mol. The van der Waals surface area contributed by atoms with Crippen molar-refractivity contribution >= 4 is 17.5 Å². The number of nitrogens with zero attached hydrogens (tertiary/aromatic N) is 4. The van der Waals surface area contributed by atoms with E-state index in [4.69, 9.17) is 16.9 Å². The summed E-state index contributed by atoms with van der Waals surface area (Å²) in [7, 11) is 0. The first-order valence-corrected chi connectivity index (χ1v) is 10.8. The number of halogens is 4. The Hall–Kier alpha value is -4.10. The highest BCUT2D eigenvalue weighted by Crippen LogP contribution is 2.30. The van der Waals surface area contributed by atoms with Gasteiger partial charge in [-0.3, -0.25) is 14.6 Å². The van der Waals surface area contributed by atoms with Gasteiger partial charge in [0.15, 0.2) is 0 Å². The van der Waals surface area contributed by atoms with Crippen molar-refractivity contribution in [1.29, 1.82) is 5.26 Å². The molecule has 4 aromatic rings. The summed E-state index contributed by atoms with van der Waals surface area (Å²) in [4.78, 5) is 12.6. The maximum Gasteiger partial charge on any atom is 0.416 e. The lowest BCUT2D eigenvalue weighted by Gasteiger charge is -2.13. The van der Waals surface area contributed by atoms with E-state index in [0.717, 1.165) is 17.7 Å². The second-order valence-corrected chi connectivity index (χ2v) is 8.25. The molecule has 0 spiro atoms. The number of amides is 1. The van der Waals surface area contributed by atoms with E-state index < -0.39 is 17.6 Å². The van der Waals surface area contributed by atoms with Gasteiger partial charge in [0.25, 0.3) is 5.91 Å². The molecular formula is C24H18ClF3N6O. The highest BCUT2D eigenvalue weighted by atomic mass is 35.5. The Morgan fingerprint density at radius 3 is 2.51 bits per heavy atom. The number of carbonyl (C=O) groups is 1. The van der Waals surface area contributed by atoms with Crippen LogP contribution in [0.1, 0.15) is 28.5 Å². The zero-order valence-electron chi connectivity index (χ0n) is 18.3. The van der Waals surface area contributed by atoms with Crippen LogP contribution in [-0.2, 0) is 12.7 Å². The third kappa shape index (κ3) is 5.53. The van der Waals surface area contributed by atoms with Crippen LogP contribution in [0.25, 0.3) is 22.5 Å². The number of nitrogens with one attached hydrogen (secondary N) is 2. The number of hydrogen-bond acceptors (Lipinski definition) is 4. The molecule has 178 valence electrons. The maximum atomic E-state index is 12.7. The Bertz CT molecular complexity index is 1400. The van der Waals surface area contributed by atoms with Crippen molar-refractivity contribution < 1.29 is 18.0 Å². The van der Waals surface area contributed by atoms with Gasteiger partial charge in [-0.2, -0.15) is 28.6 Å². The van der Waals surface area contributed by atoms with Crippen molar-refractivity contribution in [3.63, 3.8) is 0 Å². The van der Waals surface area contributed by atoms with Gasteiger partial charge in [-0.05, 0) is 43.3 Å². The van der Waals surface area contributed by atoms with Crippen molar-refractivity contribution in [2.24, 2.45) is 0 Å². The minimum Gasteiger partial charge on any atom is -0.346 e. The second kappa shape index (κ2) is 9.64. The molecule has 35 heavy (non-hydrogen) atoms. The Balaban J connectivity index is 1.38. The summed E-state index contributed by atoms with van der Waals surface area (Å²) in [6, 6.07) is 14.6. The van der Waals surface area contributed by atoms with Crippen LogP contribution >= 0.6 is 11.6 Å². The summed E-state index contributed by atoms with van der Waals surface area (Å²) in [5.74, 6) is -0.408. The van der Waals surface area contributed by atoms with Gasteiger partial charge in [0.05, 0.1) is 34.1 Å². The van der Waals surface area contributed by atoms with Gasteiger partial charge in [-0.15, -0.1) is 0 Å². The summed E-state index contributed by atoms with van der Waals surface area (Å²) in [6.45, 7) is 2.20. The van der Waals surface area contributed by atoms with Crippen LogP contribution in [0, 0.1) is 11.3 Å². The van der Waals surface area contributed by atoms with E-state index in [1.54, 1.807) is 35.1 Å². The minimum atomic E-state index is -4.42. The fourth-order valence-electron chi connectivity index (χ4n) is 3.43. The Labute approximate surface area is 203 Å². The number of benzene rings is 2. The summed E-state index contributed by atoms with van der Waals surface area (Å²) in [6.07, 6.45) is -2.65. The molecule has 0 bridgehead atoms. The molecule has 2 heterocycles. The maximum absolute atomic E-state index is 12.7. The fourth-order valence-corrected chi connectivity index (χ4v) is 3.65. The van der Waals surface area contributed by atoms with Crippen molar-refractivity contribution in [2.75, 3.05) is 0 Å². The van der Waals surface area contributed by atoms with Gasteiger partial charge in [-0.25, -0.2) is 0 Å². The molecule has 0 aliphatic rings. The Kier molecular flexibility index (Phi) is 6.62. The largest absolute Gasteiger partial charge is 0.416 e. The average molecular weight is 499 g/mol. The molecule has 4 rings (SSSR count). The van der Waals surface area contributed by atoms with Crippen molar-refractivity contribution in [3.05, 3.63) is 82.6 Å². The first-order chi connectivity index (χ1) is 16.6. The van der Waals surface area contributed by atoms with Crippen molar-refractivity contribution in [3.8, 4) is 28.6 Å². The zero-order chi connectivity index (χ0) is 25.2. The van der Waals surface area contributed by atoms with E-state index >= 15 is 0 Å². The van der Waals surface area contributed by atoms with Gasteiger partial charge in [0, 0.05) is 23.4 Å². The summed E-state index contributed by atoms with van der Waals surface area (Å²) in [5.41, 5.74) is 2.05. The smallest absolute Gasteiger partial charge is 0.346 e. The third-order valence-electron chi connectivity index (χ3n) is 5.19.